The molecule has 3 heterocycles. The number of carbonyl (C=O) groups excluding carboxylic acids is 3. The highest BCUT2D eigenvalue weighted by Gasteiger charge is 2.50. The molecule has 3 N–H and O–H groups in total. The van der Waals surface area contributed by atoms with Gasteiger partial charge in [-0.1, -0.05) is 6.07 Å². The predicted octanol–water partition coefficient (Wildman–Crippen LogP) is 1.16. The fraction of sp³-hybridized carbons (Fsp3) is 0.316. The van der Waals surface area contributed by atoms with Gasteiger partial charge in [-0.15, -0.1) is 0 Å². The molecule has 0 saturated carbocycles. The quantitative estimate of drug-likeness (QED) is 0.713. The second kappa shape index (κ2) is 7.13. The fourth-order valence-corrected chi connectivity index (χ4v) is 3.70. The van der Waals surface area contributed by atoms with E-state index in [0.717, 1.165) is 0 Å². The van der Waals surface area contributed by atoms with Crippen LogP contribution in [-0.4, -0.2) is 43.2 Å². The molecule has 0 spiro atoms. The van der Waals surface area contributed by atoms with Gasteiger partial charge in [0.25, 0.3) is 0 Å². The summed E-state index contributed by atoms with van der Waals surface area (Å²) >= 11 is 0. The second-order valence-corrected chi connectivity index (χ2v) is 6.61. The van der Waals surface area contributed by atoms with E-state index < -0.39 is 36.1 Å². The van der Waals surface area contributed by atoms with Crippen molar-refractivity contribution >= 4 is 17.9 Å². The molecule has 4 rings (SSSR count). The lowest BCUT2D eigenvalue weighted by Crippen LogP contribution is -2.64. The lowest BCUT2D eigenvalue weighted by atomic mass is 9.89. The van der Waals surface area contributed by atoms with E-state index in [4.69, 9.17) is 24.4 Å². The summed E-state index contributed by atoms with van der Waals surface area (Å²) in [5, 5.41) is 2.28. The second-order valence-electron chi connectivity index (χ2n) is 6.61. The first-order chi connectivity index (χ1) is 14.0. The molecule has 2 aliphatic heterocycles. The number of hydrogen-bond acceptors (Lipinski definition) is 8. The van der Waals surface area contributed by atoms with Gasteiger partial charge in [0, 0.05) is 5.56 Å². The van der Waals surface area contributed by atoms with Crippen molar-refractivity contribution in [2.45, 2.75) is 18.8 Å². The highest BCUT2D eigenvalue weighted by Crippen LogP contribution is 2.45. The number of methoxy groups -OCH3 is 2. The maximum Gasteiger partial charge on any atom is 0.343 e. The van der Waals surface area contributed by atoms with Crippen molar-refractivity contribution in [3.63, 3.8) is 0 Å². The van der Waals surface area contributed by atoms with Crippen LogP contribution in [0.5, 0.6) is 11.5 Å². The Morgan fingerprint density at radius 1 is 1.17 bits per heavy atom. The van der Waals surface area contributed by atoms with E-state index in [2.05, 4.69) is 5.32 Å². The molecule has 0 bridgehead atoms. The average Bonchev–Trinajstić information content (AvgIpc) is 3.32. The van der Waals surface area contributed by atoms with Crippen LogP contribution in [0.3, 0.4) is 0 Å². The van der Waals surface area contributed by atoms with Crippen molar-refractivity contribution in [2.24, 2.45) is 11.7 Å². The number of nitrogens with two attached hydrogens (primary N) is 1. The molecule has 3 atom stereocenters. The first-order valence-electron chi connectivity index (χ1n) is 8.81. The Hall–Kier alpha value is -3.53. The molecule has 2 aromatic rings. The van der Waals surface area contributed by atoms with Crippen LogP contribution < -0.4 is 20.5 Å². The number of cyclic esters (lactones) is 1. The fourth-order valence-electron chi connectivity index (χ4n) is 3.70. The number of benzene rings is 1. The third-order valence-electron chi connectivity index (χ3n) is 5.08. The van der Waals surface area contributed by atoms with E-state index in [0.29, 0.717) is 17.1 Å². The van der Waals surface area contributed by atoms with Crippen molar-refractivity contribution in [1.82, 2.24) is 10.2 Å². The molecular weight excluding hydrogens is 382 g/mol. The Morgan fingerprint density at radius 3 is 2.62 bits per heavy atom. The Balaban J connectivity index is 1.70. The normalized spacial score (nSPS) is 23.5. The first kappa shape index (κ1) is 18.8. The number of fused-ring (bicyclic) bond motifs is 1. The topological polar surface area (TPSA) is 133 Å². The van der Waals surface area contributed by atoms with Crippen LogP contribution in [0, 0.1) is 5.92 Å². The SMILES string of the molecule is COc1ccc2c(c1OC)C(=O)OC2C1C(=O)NC(=O)N(Cc2ccco2)C1N. The Labute approximate surface area is 165 Å². The molecule has 2 aliphatic rings. The number of nitrogens with one attached hydrogen (secondary N) is 1. The van der Waals surface area contributed by atoms with E-state index in [1.807, 2.05) is 0 Å². The van der Waals surface area contributed by atoms with Crippen LogP contribution in [-0.2, 0) is 16.1 Å². The van der Waals surface area contributed by atoms with Gasteiger partial charge in [0.05, 0.1) is 33.2 Å². The maximum atomic E-state index is 12.6. The van der Waals surface area contributed by atoms with E-state index in [-0.39, 0.29) is 17.9 Å². The third kappa shape index (κ3) is 2.97. The standard InChI is InChI=1S/C19H19N3O7/c1-26-11-6-5-10-12(15(11)27-2)18(24)29-14(10)13-16(20)22(19(25)21-17(13)23)8-9-4-3-7-28-9/h3-7,13-14,16H,8,20H2,1-2H3,(H,21,23,25). The van der Waals surface area contributed by atoms with E-state index in [1.54, 1.807) is 24.3 Å². The van der Waals surface area contributed by atoms with Crippen LogP contribution in [0.1, 0.15) is 27.8 Å². The van der Waals surface area contributed by atoms with Crippen LogP contribution in [0.4, 0.5) is 4.79 Å². The van der Waals surface area contributed by atoms with Crippen molar-refractivity contribution in [3.8, 4) is 11.5 Å². The zero-order valence-corrected chi connectivity index (χ0v) is 15.7. The van der Waals surface area contributed by atoms with E-state index >= 15 is 0 Å². The van der Waals surface area contributed by atoms with E-state index in [1.165, 1.54) is 25.4 Å². The number of urea groups is 1. The average molecular weight is 401 g/mol. The van der Waals surface area contributed by atoms with Gasteiger partial charge in [0.2, 0.25) is 5.91 Å². The highest BCUT2D eigenvalue weighted by molar-refractivity contribution is 6.02. The highest BCUT2D eigenvalue weighted by atomic mass is 16.6. The minimum Gasteiger partial charge on any atom is -0.493 e. The number of esters is 1. The Morgan fingerprint density at radius 2 is 1.97 bits per heavy atom. The lowest BCUT2D eigenvalue weighted by molar-refractivity contribution is -0.133. The number of furan rings is 1. The molecular formula is C19H19N3O7. The molecule has 0 aliphatic carbocycles. The number of amides is 3. The van der Waals surface area contributed by atoms with Gasteiger partial charge in [0.15, 0.2) is 11.5 Å². The molecule has 1 fully saturated rings. The number of imide groups is 1. The molecule has 152 valence electrons. The van der Waals surface area contributed by atoms with Gasteiger partial charge in [0.1, 0.15) is 23.3 Å². The largest absolute Gasteiger partial charge is 0.493 e. The molecule has 29 heavy (non-hydrogen) atoms. The van der Waals surface area contributed by atoms with Crippen molar-refractivity contribution in [3.05, 3.63) is 47.4 Å². The minimum absolute atomic E-state index is 0.0588. The van der Waals surface area contributed by atoms with Crippen molar-refractivity contribution in [2.75, 3.05) is 14.2 Å². The summed E-state index contributed by atoms with van der Waals surface area (Å²) < 4.78 is 21.3. The number of carbonyl (C=O) groups is 3. The minimum atomic E-state index is -1.04. The van der Waals surface area contributed by atoms with Gasteiger partial charge in [-0.05, 0) is 18.2 Å². The molecule has 10 nitrogen and oxygen atoms in total. The van der Waals surface area contributed by atoms with E-state index in [9.17, 15) is 14.4 Å². The predicted molar refractivity (Wildman–Crippen MR) is 97.0 cm³/mol. The third-order valence-corrected chi connectivity index (χ3v) is 5.08. The molecule has 3 amide bonds. The smallest absolute Gasteiger partial charge is 0.343 e. The summed E-state index contributed by atoms with van der Waals surface area (Å²) in [5.41, 5.74) is 6.90. The Bertz CT molecular complexity index is 972. The van der Waals surface area contributed by atoms with Gasteiger partial charge >= 0.3 is 12.0 Å². The molecule has 10 heteroatoms. The van der Waals surface area contributed by atoms with Crippen LogP contribution in [0.15, 0.2) is 34.9 Å². The van der Waals surface area contributed by atoms with Gasteiger partial charge in [-0.3, -0.25) is 10.1 Å². The van der Waals surface area contributed by atoms with Gasteiger partial charge in [-0.2, -0.15) is 0 Å². The lowest BCUT2D eigenvalue weighted by Gasteiger charge is -2.39. The first-order valence-corrected chi connectivity index (χ1v) is 8.81. The summed E-state index contributed by atoms with van der Waals surface area (Å²) in [6.07, 6.45) is -0.558. The van der Waals surface area contributed by atoms with Crippen LogP contribution in [0.2, 0.25) is 0 Å². The molecule has 1 saturated heterocycles. The van der Waals surface area contributed by atoms with Crippen molar-refractivity contribution in [1.29, 1.82) is 0 Å². The van der Waals surface area contributed by atoms with Gasteiger partial charge in [-0.25, -0.2) is 9.59 Å². The number of ether oxygens (including phenoxy) is 3. The summed E-state index contributed by atoms with van der Waals surface area (Å²) in [6.45, 7) is 0.0588. The zero-order valence-electron chi connectivity index (χ0n) is 15.7. The summed E-state index contributed by atoms with van der Waals surface area (Å²) in [4.78, 5) is 38.8. The zero-order chi connectivity index (χ0) is 20.7. The molecule has 0 radical (unpaired) electrons. The Kier molecular flexibility index (Phi) is 4.63. The van der Waals surface area contributed by atoms with Crippen LogP contribution in [0.25, 0.3) is 0 Å². The van der Waals surface area contributed by atoms with Gasteiger partial charge < -0.3 is 29.3 Å². The number of hydrogen-bond donors (Lipinski definition) is 2. The monoisotopic (exact) mass is 401 g/mol. The summed E-state index contributed by atoms with van der Waals surface area (Å²) in [5.74, 6) is -1.24. The number of nitrogens with zero attached hydrogens (tertiary/aromatic N) is 1. The molecule has 3 unspecified atom stereocenters. The summed E-state index contributed by atoms with van der Waals surface area (Å²) in [7, 11) is 2.85. The number of rotatable bonds is 5. The summed E-state index contributed by atoms with van der Waals surface area (Å²) in [6, 6.07) is 5.96. The molecule has 1 aromatic carbocycles. The molecule has 1 aromatic heterocycles. The van der Waals surface area contributed by atoms with Crippen LogP contribution >= 0.6 is 0 Å². The maximum absolute atomic E-state index is 12.6. The van der Waals surface area contributed by atoms with Crippen molar-refractivity contribution < 1.29 is 33.0 Å².